The van der Waals surface area contributed by atoms with Gasteiger partial charge in [-0.25, -0.2) is 0 Å². The number of piperidine rings is 1. The molecule has 0 aliphatic carbocycles. The van der Waals surface area contributed by atoms with Crippen molar-refractivity contribution in [3.8, 4) is 5.75 Å². The Morgan fingerprint density at radius 1 is 0.941 bits per heavy atom. The molecule has 1 aliphatic heterocycles. The maximum absolute atomic E-state index is 12.1. The first-order chi connectivity index (χ1) is 16.6. The van der Waals surface area contributed by atoms with Crippen LogP contribution in [0.4, 0.5) is 5.69 Å². The molecule has 1 N–H and O–H groups in total. The van der Waals surface area contributed by atoms with Gasteiger partial charge in [0.15, 0.2) is 0 Å². The zero-order valence-electron chi connectivity index (χ0n) is 20.3. The summed E-state index contributed by atoms with van der Waals surface area (Å²) in [6, 6.07) is 29.0. The average Bonchev–Trinajstić information content (AvgIpc) is 2.88. The first kappa shape index (κ1) is 24.0. The van der Waals surface area contributed by atoms with Crippen LogP contribution in [0.2, 0.25) is 0 Å². The highest BCUT2D eigenvalue weighted by molar-refractivity contribution is 5.92. The largest absolute Gasteiger partial charge is 0.486 e. The second-order valence-electron chi connectivity index (χ2n) is 9.50. The number of carbonyl (C=O) groups excluding carboxylic acids is 1. The average molecular weight is 457 g/mol. The van der Waals surface area contributed by atoms with E-state index in [-0.39, 0.29) is 17.9 Å². The Balaban J connectivity index is 1.32. The lowest BCUT2D eigenvalue weighted by Gasteiger charge is -2.33. The summed E-state index contributed by atoms with van der Waals surface area (Å²) in [6.07, 6.45) is 3.27. The molecule has 1 aliphatic rings. The molecule has 0 spiro atoms. The standard InChI is InChI=1S/C30H36N2O2/c1-23(2)30(33)31-27-13-9-12-26(22-27)24-16-19-32(20-17-24)21-18-29(25-10-5-3-6-11-25)34-28-14-7-4-8-15-28/h3-15,22-24,29H,16-21H2,1-2H3,(H,31,33). The summed E-state index contributed by atoms with van der Waals surface area (Å²) in [5, 5.41) is 3.03. The molecular weight excluding hydrogens is 420 g/mol. The van der Waals surface area contributed by atoms with Gasteiger partial charge in [-0.05, 0) is 67.2 Å². The number of rotatable bonds is 9. The molecule has 1 saturated heterocycles. The van der Waals surface area contributed by atoms with Crippen LogP contribution in [0.25, 0.3) is 0 Å². The molecule has 0 saturated carbocycles. The van der Waals surface area contributed by atoms with Crippen LogP contribution in [0.3, 0.4) is 0 Å². The van der Waals surface area contributed by atoms with Crippen molar-refractivity contribution in [2.24, 2.45) is 5.92 Å². The third-order valence-corrected chi connectivity index (χ3v) is 6.64. The van der Waals surface area contributed by atoms with Crippen molar-refractivity contribution >= 4 is 11.6 Å². The van der Waals surface area contributed by atoms with Gasteiger partial charge in [0.05, 0.1) is 0 Å². The van der Waals surface area contributed by atoms with E-state index < -0.39 is 0 Å². The molecule has 3 aromatic rings. The van der Waals surface area contributed by atoms with Crippen LogP contribution in [-0.4, -0.2) is 30.4 Å². The van der Waals surface area contributed by atoms with Gasteiger partial charge in [0.1, 0.15) is 11.9 Å². The number of hydrogen-bond donors (Lipinski definition) is 1. The fourth-order valence-electron chi connectivity index (χ4n) is 4.57. The van der Waals surface area contributed by atoms with Gasteiger partial charge in [0.2, 0.25) is 5.91 Å². The minimum absolute atomic E-state index is 0.0162. The first-order valence-electron chi connectivity index (χ1n) is 12.5. The third-order valence-electron chi connectivity index (χ3n) is 6.64. The monoisotopic (exact) mass is 456 g/mol. The molecule has 4 rings (SSSR count). The summed E-state index contributed by atoms with van der Waals surface area (Å²) in [7, 11) is 0. The lowest BCUT2D eigenvalue weighted by Crippen LogP contribution is -2.34. The van der Waals surface area contributed by atoms with Crippen molar-refractivity contribution in [3.05, 3.63) is 96.1 Å². The van der Waals surface area contributed by atoms with Crippen LogP contribution in [0, 0.1) is 5.92 Å². The number of benzene rings is 3. The predicted molar refractivity (Wildman–Crippen MR) is 139 cm³/mol. The molecule has 34 heavy (non-hydrogen) atoms. The molecule has 4 heteroatoms. The Morgan fingerprint density at radius 3 is 2.29 bits per heavy atom. The topological polar surface area (TPSA) is 41.6 Å². The molecule has 1 fully saturated rings. The number of likely N-dealkylation sites (tertiary alicyclic amines) is 1. The van der Waals surface area contributed by atoms with Gasteiger partial charge in [0, 0.05) is 24.6 Å². The fraction of sp³-hybridized carbons (Fsp3) is 0.367. The summed E-state index contributed by atoms with van der Waals surface area (Å²) in [4.78, 5) is 14.6. The van der Waals surface area contributed by atoms with Crippen LogP contribution in [0.15, 0.2) is 84.9 Å². The van der Waals surface area contributed by atoms with Gasteiger partial charge in [-0.1, -0.05) is 74.5 Å². The minimum atomic E-state index is -0.0162. The molecule has 4 nitrogen and oxygen atoms in total. The Hall–Kier alpha value is -3.11. The van der Waals surface area contributed by atoms with Crippen LogP contribution < -0.4 is 10.1 Å². The third kappa shape index (κ3) is 6.71. The fourth-order valence-corrected chi connectivity index (χ4v) is 4.57. The molecule has 0 radical (unpaired) electrons. The van der Waals surface area contributed by atoms with E-state index in [9.17, 15) is 4.79 Å². The highest BCUT2D eigenvalue weighted by Gasteiger charge is 2.23. The molecule has 1 amide bonds. The van der Waals surface area contributed by atoms with E-state index in [4.69, 9.17) is 4.74 Å². The molecular formula is C30H36N2O2. The van der Waals surface area contributed by atoms with Gasteiger partial charge in [-0.3, -0.25) is 4.79 Å². The molecule has 1 atom stereocenters. The van der Waals surface area contributed by atoms with Crippen molar-refractivity contribution in [2.45, 2.75) is 45.1 Å². The van der Waals surface area contributed by atoms with Crippen molar-refractivity contribution in [3.63, 3.8) is 0 Å². The van der Waals surface area contributed by atoms with Gasteiger partial charge in [-0.15, -0.1) is 0 Å². The van der Waals surface area contributed by atoms with Gasteiger partial charge in [0.25, 0.3) is 0 Å². The molecule has 0 aromatic heterocycles. The Morgan fingerprint density at radius 2 is 1.62 bits per heavy atom. The van der Waals surface area contributed by atoms with Gasteiger partial charge in [-0.2, -0.15) is 0 Å². The number of anilines is 1. The highest BCUT2D eigenvalue weighted by atomic mass is 16.5. The molecule has 1 heterocycles. The molecule has 3 aromatic carbocycles. The van der Waals surface area contributed by atoms with Crippen molar-refractivity contribution in [1.29, 1.82) is 0 Å². The second-order valence-corrected chi connectivity index (χ2v) is 9.50. The van der Waals surface area contributed by atoms with E-state index in [0.717, 1.165) is 50.3 Å². The van der Waals surface area contributed by atoms with E-state index >= 15 is 0 Å². The number of nitrogens with one attached hydrogen (secondary N) is 1. The summed E-state index contributed by atoms with van der Waals surface area (Å²) in [5.41, 5.74) is 3.46. The van der Waals surface area contributed by atoms with Crippen LogP contribution in [-0.2, 0) is 4.79 Å². The highest BCUT2D eigenvalue weighted by Crippen LogP contribution is 2.31. The van der Waals surface area contributed by atoms with Crippen LogP contribution >= 0.6 is 0 Å². The van der Waals surface area contributed by atoms with Crippen LogP contribution in [0.5, 0.6) is 5.75 Å². The number of amides is 1. The minimum Gasteiger partial charge on any atom is -0.486 e. The second kappa shape index (κ2) is 11.8. The quantitative estimate of drug-likeness (QED) is 0.391. The van der Waals surface area contributed by atoms with Crippen molar-refractivity contribution in [2.75, 3.05) is 25.0 Å². The number of para-hydroxylation sites is 1. The summed E-state index contributed by atoms with van der Waals surface area (Å²) >= 11 is 0. The van der Waals surface area contributed by atoms with Crippen molar-refractivity contribution < 1.29 is 9.53 Å². The van der Waals surface area contributed by atoms with E-state index in [1.54, 1.807) is 0 Å². The maximum Gasteiger partial charge on any atom is 0.226 e. The first-order valence-corrected chi connectivity index (χ1v) is 12.5. The van der Waals surface area contributed by atoms with E-state index in [2.05, 4.69) is 58.7 Å². The zero-order valence-corrected chi connectivity index (χ0v) is 20.3. The molecule has 1 unspecified atom stereocenters. The smallest absolute Gasteiger partial charge is 0.226 e. The predicted octanol–water partition coefficient (Wildman–Crippen LogP) is 6.67. The summed E-state index contributed by atoms with van der Waals surface area (Å²) in [5.74, 6) is 1.51. The summed E-state index contributed by atoms with van der Waals surface area (Å²) in [6.45, 7) is 7.02. The Bertz CT molecular complexity index is 1030. The maximum atomic E-state index is 12.1. The molecule has 178 valence electrons. The Kier molecular flexibility index (Phi) is 8.37. The van der Waals surface area contributed by atoms with Gasteiger partial charge >= 0.3 is 0 Å². The number of carbonyl (C=O) groups is 1. The van der Waals surface area contributed by atoms with E-state index in [0.29, 0.717) is 5.92 Å². The molecule has 0 bridgehead atoms. The van der Waals surface area contributed by atoms with Gasteiger partial charge < -0.3 is 15.0 Å². The normalized spacial score (nSPS) is 15.7. The lowest BCUT2D eigenvalue weighted by atomic mass is 9.89. The Labute approximate surface area is 204 Å². The summed E-state index contributed by atoms with van der Waals surface area (Å²) < 4.78 is 6.38. The van der Waals surface area contributed by atoms with Crippen molar-refractivity contribution in [1.82, 2.24) is 4.90 Å². The number of nitrogens with zero attached hydrogens (tertiary/aromatic N) is 1. The van der Waals surface area contributed by atoms with E-state index in [1.165, 1.54) is 11.1 Å². The number of ether oxygens (including phenoxy) is 1. The lowest BCUT2D eigenvalue weighted by molar-refractivity contribution is -0.118. The SMILES string of the molecule is CC(C)C(=O)Nc1cccc(C2CCN(CCC(Oc3ccccc3)c3ccccc3)CC2)c1. The van der Waals surface area contributed by atoms with E-state index in [1.807, 2.05) is 50.2 Å². The van der Waals surface area contributed by atoms with Crippen LogP contribution in [0.1, 0.15) is 56.3 Å². The zero-order chi connectivity index (χ0) is 23.8. The number of hydrogen-bond acceptors (Lipinski definition) is 3.